The van der Waals surface area contributed by atoms with Gasteiger partial charge in [0.1, 0.15) is 17.4 Å². The number of halogens is 3. The lowest BCUT2D eigenvalue weighted by molar-refractivity contribution is 0.136. The van der Waals surface area contributed by atoms with E-state index in [1.165, 1.54) is 0 Å². The highest BCUT2D eigenvalue weighted by molar-refractivity contribution is 9.11. The minimum Gasteiger partial charge on any atom is -0.492 e. The standard InChI is InChI=1S/C21H22Br2FN5O/c22-14-4-5-15(23)19(24)13(14)10-29-8-6-12(7-9-29)11-30-17-3-1-2-16-18(17)20(25)28-21(26)27-16/h1-5,12H,6-11H2,(H4,25,26,27,28). The molecule has 1 saturated heterocycles. The van der Waals surface area contributed by atoms with Gasteiger partial charge >= 0.3 is 0 Å². The molecule has 0 radical (unpaired) electrons. The van der Waals surface area contributed by atoms with E-state index in [2.05, 4.69) is 46.7 Å². The number of benzene rings is 2. The summed E-state index contributed by atoms with van der Waals surface area (Å²) in [5.41, 5.74) is 13.1. The van der Waals surface area contributed by atoms with Crippen molar-refractivity contribution in [1.82, 2.24) is 14.9 Å². The van der Waals surface area contributed by atoms with E-state index in [4.69, 9.17) is 16.2 Å². The van der Waals surface area contributed by atoms with Crippen molar-refractivity contribution < 1.29 is 9.13 Å². The van der Waals surface area contributed by atoms with Crippen molar-refractivity contribution in [3.63, 3.8) is 0 Å². The number of piperidine rings is 1. The number of ether oxygens (including phenoxy) is 1. The fraction of sp³-hybridized carbons (Fsp3) is 0.333. The number of nitrogens with zero attached hydrogens (tertiary/aromatic N) is 3. The van der Waals surface area contributed by atoms with Crippen molar-refractivity contribution in [2.75, 3.05) is 31.2 Å². The molecule has 158 valence electrons. The Balaban J connectivity index is 1.36. The van der Waals surface area contributed by atoms with E-state index in [1.807, 2.05) is 24.3 Å². The first kappa shape index (κ1) is 21.3. The van der Waals surface area contributed by atoms with Crippen LogP contribution in [0.25, 0.3) is 10.9 Å². The van der Waals surface area contributed by atoms with Crippen LogP contribution in [-0.2, 0) is 6.54 Å². The molecule has 9 heteroatoms. The first-order valence-electron chi connectivity index (χ1n) is 9.71. The predicted molar refractivity (Wildman–Crippen MR) is 124 cm³/mol. The summed E-state index contributed by atoms with van der Waals surface area (Å²) in [5.74, 6) is 1.37. The normalized spacial score (nSPS) is 15.6. The van der Waals surface area contributed by atoms with Gasteiger partial charge in [-0.2, -0.15) is 4.98 Å². The molecule has 1 fully saturated rings. The number of hydrogen-bond donors (Lipinski definition) is 2. The third-order valence-corrected chi connectivity index (χ3v) is 6.79. The number of nitrogens with two attached hydrogens (primary N) is 2. The highest BCUT2D eigenvalue weighted by Gasteiger charge is 2.22. The third kappa shape index (κ3) is 4.53. The van der Waals surface area contributed by atoms with Crippen LogP contribution in [0.2, 0.25) is 0 Å². The van der Waals surface area contributed by atoms with Crippen LogP contribution in [-0.4, -0.2) is 34.6 Å². The molecular weight excluding hydrogens is 517 g/mol. The molecule has 4 rings (SSSR count). The number of fused-ring (bicyclic) bond motifs is 1. The molecule has 0 saturated carbocycles. The van der Waals surface area contributed by atoms with Crippen molar-refractivity contribution in [3.05, 3.63) is 50.7 Å². The lowest BCUT2D eigenvalue weighted by Gasteiger charge is -2.32. The van der Waals surface area contributed by atoms with Gasteiger partial charge in [0.15, 0.2) is 0 Å². The number of hydrogen-bond acceptors (Lipinski definition) is 6. The molecule has 4 N–H and O–H groups in total. The molecule has 6 nitrogen and oxygen atoms in total. The first-order chi connectivity index (χ1) is 14.4. The fourth-order valence-corrected chi connectivity index (χ4v) is 4.58. The number of likely N-dealkylation sites (tertiary alicyclic amines) is 1. The molecule has 1 aliphatic heterocycles. The number of anilines is 2. The van der Waals surface area contributed by atoms with E-state index >= 15 is 0 Å². The summed E-state index contributed by atoms with van der Waals surface area (Å²) in [4.78, 5) is 10.5. The average Bonchev–Trinajstić information content (AvgIpc) is 2.73. The van der Waals surface area contributed by atoms with Crippen LogP contribution in [0.1, 0.15) is 18.4 Å². The van der Waals surface area contributed by atoms with Crippen molar-refractivity contribution in [2.24, 2.45) is 5.92 Å². The van der Waals surface area contributed by atoms with Gasteiger partial charge in [0, 0.05) is 16.6 Å². The molecule has 0 aliphatic carbocycles. The molecule has 1 aliphatic rings. The van der Waals surface area contributed by atoms with Crippen LogP contribution in [0.5, 0.6) is 5.75 Å². The molecule has 0 bridgehead atoms. The Morgan fingerprint density at radius 2 is 1.80 bits per heavy atom. The molecular formula is C21H22Br2FN5O. The first-order valence-corrected chi connectivity index (χ1v) is 11.3. The summed E-state index contributed by atoms with van der Waals surface area (Å²) in [5, 5.41) is 0.694. The Labute approximate surface area is 191 Å². The van der Waals surface area contributed by atoms with Crippen LogP contribution < -0.4 is 16.2 Å². The maximum atomic E-state index is 14.4. The monoisotopic (exact) mass is 537 g/mol. The summed E-state index contributed by atoms with van der Waals surface area (Å²) >= 11 is 6.73. The van der Waals surface area contributed by atoms with Crippen LogP contribution >= 0.6 is 31.9 Å². The van der Waals surface area contributed by atoms with Crippen LogP contribution in [0, 0.1) is 11.7 Å². The summed E-state index contributed by atoms with van der Waals surface area (Å²) in [6, 6.07) is 9.17. The van der Waals surface area contributed by atoms with Gasteiger partial charge in [-0.1, -0.05) is 22.0 Å². The van der Waals surface area contributed by atoms with Gasteiger partial charge in [0.25, 0.3) is 0 Å². The smallest absolute Gasteiger partial charge is 0.222 e. The molecule has 0 spiro atoms. The quantitative estimate of drug-likeness (QED) is 0.455. The fourth-order valence-electron chi connectivity index (χ4n) is 3.77. The Kier molecular flexibility index (Phi) is 6.40. The Bertz CT molecular complexity index is 1070. The van der Waals surface area contributed by atoms with Gasteiger partial charge in [-0.05, 0) is 72.0 Å². The van der Waals surface area contributed by atoms with E-state index in [0.29, 0.717) is 51.6 Å². The molecule has 0 atom stereocenters. The summed E-state index contributed by atoms with van der Waals surface area (Å²) in [6.07, 6.45) is 1.97. The third-order valence-electron chi connectivity index (χ3n) is 5.43. The number of nitrogen functional groups attached to an aromatic ring is 2. The van der Waals surface area contributed by atoms with E-state index in [9.17, 15) is 4.39 Å². The molecule has 1 aromatic heterocycles. The zero-order valence-electron chi connectivity index (χ0n) is 16.2. The minimum atomic E-state index is -0.203. The average molecular weight is 539 g/mol. The predicted octanol–water partition coefficient (Wildman–Crippen LogP) is 4.75. The highest BCUT2D eigenvalue weighted by Crippen LogP contribution is 2.31. The summed E-state index contributed by atoms with van der Waals surface area (Å²) in [6.45, 7) is 2.96. The topological polar surface area (TPSA) is 90.3 Å². The molecule has 2 heterocycles. The second-order valence-electron chi connectivity index (χ2n) is 7.47. The van der Waals surface area contributed by atoms with E-state index < -0.39 is 0 Å². The van der Waals surface area contributed by atoms with Gasteiger partial charge in [0.2, 0.25) is 5.95 Å². The van der Waals surface area contributed by atoms with Crippen molar-refractivity contribution in [1.29, 1.82) is 0 Å². The zero-order chi connectivity index (χ0) is 21.3. The van der Waals surface area contributed by atoms with Crippen molar-refractivity contribution in [2.45, 2.75) is 19.4 Å². The van der Waals surface area contributed by atoms with Crippen LogP contribution in [0.15, 0.2) is 39.3 Å². The van der Waals surface area contributed by atoms with Gasteiger partial charge < -0.3 is 16.2 Å². The summed E-state index contributed by atoms with van der Waals surface area (Å²) in [7, 11) is 0. The second kappa shape index (κ2) is 9.03. The maximum Gasteiger partial charge on any atom is 0.222 e. The second-order valence-corrected chi connectivity index (χ2v) is 9.18. The number of aromatic nitrogens is 2. The Hall–Kier alpha value is -1.97. The Morgan fingerprint density at radius 3 is 2.57 bits per heavy atom. The van der Waals surface area contributed by atoms with Crippen molar-refractivity contribution >= 4 is 54.5 Å². The lowest BCUT2D eigenvalue weighted by Crippen LogP contribution is -2.35. The van der Waals surface area contributed by atoms with E-state index in [-0.39, 0.29) is 11.8 Å². The highest BCUT2D eigenvalue weighted by atomic mass is 79.9. The van der Waals surface area contributed by atoms with E-state index in [0.717, 1.165) is 30.4 Å². The SMILES string of the molecule is Nc1nc(N)c2c(OCC3CCN(Cc4c(Br)ccc(Br)c4F)CC3)cccc2n1. The maximum absolute atomic E-state index is 14.4. The van der Waals surface area contributed by atoms with Gasteiger partial charge in [-0.3, -0.25) is 4.90 Å². The molecule has 30 heavy (non-hydrogen) atoms. The van der Waals surface area contributed by atoms with Crippen molar-refractivity contribution in [3.8, 4) is 5.75 Å². The molecule has 0 unspecified atom stereocenters. The zero-order valence-corrected chi connectivity index (χ0v) is 19.4. The number of rotatable bonds is 5. The van der Waals surface area contributed by atoms with E-state index in [1.54, 1.807) is 6.07 Å². The summed E-state index contributed by atoms with van der Waals surface area (Å²) < 4.78 is 21.8. The van der Waals surface area contributed by atoms with Crippen LogP contribution in [0.3, 0.4) is 0 Å². The lowest BCUT2D eigenvalue weighted by atomic mass is 9.97. The Morgan fingerprint density at radius 1 is 1.07 bits per heavy atom. The van der Waals surface area contributed by atoms with Crippen LogP contribution in [0.4, 0.5) is 16.2 Å². The van der Waals surface area contributed by atoms with Gasteiger partial charge in [-0.25, -0.2) is 9.37 Å². The molecule has 0 amide bonds. The van der Waals surface area contributed by atoms with Gasteiger partial charge in [-0.15, -0.1) is 0 Å². The van der Waals surface area contributed by atoms with Gasteiger partial charge in [0.05, 0.1) is 22.0 Å². The molecule has 2 aromatic carbocycles. The molecule has 3 aromatic rings. The minimum absolute atomic E-state index is 0.151. The largest absolute Gasteiger partial charge is 0.492 e.